The van der Waals surface area contributed by atoms with Crippen LogP contribution in [0, 0.1) is 17.8 Å². The highest BCUT2D eigenvalue weighted by Crippen LogP contribution is 2.39. The Bertz CT molecular complexity index is 1020. The second-order valence-corrected chi connectivity index (χ2v) is 9.88. The van der Waals surface area contributed by atoms with Crippen molar-refractivity contribution >= 4 is 17.9 Å². The van der Waals surface area contributed by atoms with Gasteiger partial charge >= 0.3 is 5.97 Å². The van der Waals surface area contributed by atoms with Crippen molar-refractivity contribution in [1.82, 2.24) is 9.88 Å². The van der Waals surface area contributed by atoms with Crippen LogP contribution in [0.3, 0.4) is 0 Å². The second kappa shape index (κ2) is 13.3. The summed E-state index contributed by atoms with van der Waals surface area (Å²) in [5, 5.41) is 13.5. The van der Waals surface area contributed by atoms with Crippen molar-refractivity contribution in [2.24, 2.45) is 33.7 Å². The fourth-order valence-corrected chi connectivity index (χ4v) is 5.33. The Labute approximate surface area is 215 Å². The SMILES string of the molecule is CCN=CC(CCC(CC(=O)O)C1C=CC(C)=C(CN2Cc3cnccc3O[C@H](CC)C2)C1C)=NN. The van der Waals surface area contributed by atoms with Crippen molar-refractivity contribution in [3.05, 3.63) is 47.3 Å². The summed E-state index contributed by atoms with van der Waals surface area (Å²) < 4.78 is 6.27. The number of hydrogen-bond donors (Lipinski definition) is 2. The molecule has 0 radical (unpaired) electrons. The van der Waals surface area contributed by atoms with Crippen molar-refractivity contribution in [3.8, 4) is 5.75 Å². The molecule has 0 amide bonds. The summed E-state index contributed by atoms with van der Waals surface area (Å²) in [4.78, 5) is 22.8. The fourth-order valence-electron chi connectivity index (χ4n) is 5.33. The number of aromatic nitrogens is 1. The number of nitrogens with zero attached hydrogens (tertiary/aromatic N) is 4. The Morgan fingerprint density at radius 1 is 1.42 bits per heavy atom. The van der Waals surface area contributed by atoms with E-state index >= 15 is 0 Å². The summed E-state index contributed by atoms with van der Waals surface area (Å²) in [6.07, 6.45) is 12.2. The van der Waals surface area contributed by atoms with Gasteiger partial charge in [0.05, 0.1) is 5.71 Å². The van der Waals surface area contributed by atoms with Crippen molar-refractivity contribution < 1.29 is 14.6 Å². The van der Waals surface area contributed by atoms with Gasteiger partial charge in [-0.2, -0.15) is 5.10 Å². The zero-order chi connectivity index (χ0) is 26.1. The van der Waals surface area contributed by atoms with E-state index in [-0.39, 0.29) is 30.3 Å². The van der Waals surface area contributed by atoms with E-state index in [1.165, 1.54) is 11.1 Å². The van der Waals surface area contributed by atoms with Crippen LogP contribution in [-0.4, -0.2) is 58.6 Å². The maximum Gasteiger partial charge on any atom is 0.303 e. The van der Waals surface area contributed by atoms with Gasteiger partial charge in [-0.15, -0.1) is 0 Å². The van der Waals surface area contributed by atoms with Gasteiger partial charge in [-0.1, -0.05) is 31.6 Å². The zero-order valence-electron chi connectivity index (χ0n) is 22.1. The molecular weight excluding hydrogens is 454 g/mol. The molecule has 8 heteroatoms. The molecule has 0 saturated carbocycles. The number of ether oxygens (including phenoxy) is 1. The quantitative estimate of drug-likeness (QED) is 0.266. The Morgan fingerprint density at radius 2 is 2.22 bits per heavy atom. The number of carbonyl (C=O) groups is 1. The number of pyridine rings is 1. The normalized spacial score (nSPS) is 23.9. The van der Waals surface area contributed by atoms with E-state index < -0.39 is 5.97 Å². The van der Waals surface area contributed by atoms with Gasteiger partial charge < -0.3 is 15.7 Å². The van der Waals surface area contributed by atoms with Gasteiger partial charge in [-0.05, 0) is 62.5 Å². The summed E-state index contributed by atoms with van der Waals surface area (Å²) in [7, 11) is 0. The predicted molar refractivity (Wildman–Crippen MR) is 144 cm³/mol. The first-order valence-corrected chi connectivity index (χ1v) is 13.0. The number of hydrogen-bond acceptors (Lipinski definition) is 7. The molecule has 8 nitrogen and oxygen atoms in total. The molecule has 3 N–H and O–H groups in total. The second-order valence-electron chi connectivity index (χ2n) is 9.88. The number of carboxylic acid groups (broad SMARTS) is 1. The first kappa shape index (κ1) is 27.6. The maximum atomic E-state index is 11.8. The molecular formula is C28H41N5O3. The van der Waals surface area contributed by atoms with Crippen LogP contribution in [0.5, 0.6) is 5.75 Å². The van der Waals surface area contributed by atoms with Crippen LogP contribution >= 0.6 is 0 Å². The van der Waals surface area contributed by atoms with E-state index in [0.29, 0.717) is 25.1 Å². The molecule has 196 valence electrons. The zero-order valence-corrected chi connectivity index (χ0v) is 22.1. The van der Waals surface area contributed by atoms with Gasteiger partial charge in [-0.3, -0.25) is 19.7 Å². The Morgan fingerprint density at radius 3 is 2.92 bits per heavy atom. The third-order valence-electron chi connectivity index (χ3n) is 7.40. The average Bonchev–Trinajstić information content (AvgIpc) is 3.04. The number of allylic oxidation sites excluding steroid dienone is 3. The lowest BCUT2D eigenvalue weighted by molar-refractivity contribution is -0.138. The van der Waals surface area contributed by atoms with Crippen molar-refractivity contribution in [3.63, 3.8) is 0 Å². The molecule has 0 spiro atoms. The van der Waals surface area contributed by atoms with E-state index in [4.69, 9.17) is 10.6 Å². The van der Waals surface area contributed by atoms with Crippen molar-refractivity contribution in [2.75, 3.05) is 19.6 Å². The molecule has 3 unspecified atom stereocenters. The highest BCUT2D eigenvalue weighted by molar-refractivity contribution is 6.30. The van der Waals surface area contributed by atoms with E-state index in [2.05, 4.69) is 52.9 Å². The van der Waals surface area contributed by atoms with E-state index in [0.717, 1.165) is 37.4 Å². The summed E-state index contributed by atoms with van der Waals surface area (Å²) in [5.74, 6) is 6.03. The smallest absolute Gasteiger partial charge is 0.303 e. The summed E-state index contributed by atoms with van der Waals surface area (Å²) in [6, 6.07) is 1.95. The molecule has 1 aromatic heterocycles. The minimum absolute atomic E-state index is 0.0237. The third kappa shape index (κ3) is 7.26. The number of carboxylic acids is 1. The first-order valence-electron chi connectivity index (χ1n) is 13.0. The monoisotopic (exact) mass is 495 g/mol. The van der Waals surface area contributed by atoms with Gasteiger partial charge in [-0.25, -0.2) is 0 Å². The molecule has 1 aliphatic carbocycles. The van der Waals surface area contributed by atoms with Gasteiger partial charge in [0.15, 0.2) is 0 Å². The van der Waals surface area contributed by atoms with Crippen molar-refractivity contribution in [2.45, 2.75) is 66.0 Å². The molecule has 36 heavy (non-hydrogen) atoms. The first-order chi connectivity index (χ1) is 17.4. The Hall–Kier alpha value is -3.00. The van der Waals surface area contributed by atoms with Crippen LogP contribution < -0.4 is 10.6 Å². The van der Waals surface area contributed by atoms with Gasteiger partial charge in [0.25, 0.3) is 0 Å². The minimum Gasteiger partial charge on any atom is -0.489 e. The summed E-state index contributed by atoms with van der Waals surface area (Å²) >= 11 is 0. The highest BCUT2D eigenvalue weighted by atomic mass is 16.5. The Balaban J connectivity index is 1.78. The highest BCUT2D eigenvalue weighted by Gasteiger charge is 2.33. The molecule has 1 aromatic rings. The largest absolute Gasteiger partial charge is 0.489 e. The minimum atomic E-state index is -0.776. The van der Waals surface area contributed by atoms with E-state index in [1.807, 2.05) is 19.2 Å². The Kier molecular flexibility index (Phi) is 10.2. The number of fused-ring (bicyclic) bond motifs is 1. The summed E-state index contributed by atoms with van der Waals surface area (Å²) in [6.45, 7) is 11.6. The number of nitrogens with two attached hydrogens (primary N) is 1. The predicted octanol–water partition coefficient (Wildman–Crippen LogP) is 4.47. The molecule has 0 saturated heterocycles. The summed E-state index contributed by atoms with van der Waals surface area (Å²) in [5.41, 5.74) is 4.43. The lowest BCUT2D eigenvalue weighted by atomic mass is 9.71. The van der Waals surface area contributed by atoms with E-state index in [9.17, 15) is 9.90 Å². The number of hydrazone groups is 1. The number of rotatable bonds is 11. The van der Waals surface area contributed by atoms with Crippen LogP contribution in [-0.2, 0) is 11.3 Å². The molecule has 3 rings (SSSR count). The molecule has 2 aliphatic rings. The lowest BCUT2D eigenvalue weighted by Gasteiger charge is -2.36. The lowest BCUT2D eigenvalue weighted by Crippen LogP contribution is -2.37. The topological polar surface area (TPSA) is 113 Å². The van der Waals surface area contributed by atoms with Gasteiger partial charge in [0.1, 0.15) is 11.9 Å². The fraction of sp³-hybridized carbons (Fsp3) is 0.571. The standard InChI is InChI=1S/C28H41N5O3/c1-5-24-17-33(16-22-14-31-12-11-27(22)36-24)18-26-19(3)7-10-25(20(26)4)21(13-28(34)35)8-9-23(32-29)15-30-6-2/h7,10-12,14-15,20-21,24-25H,5-6,8-9,13,16-18,29H2,1-4H3,(H,34,35)/t20?,21?,24-,25?/m1/s1. The molecule has 0 fully saturated rings. The number of aliphatic carboxylic acids is 1. The molecule has 1 aliphatic heterocycles. The van der Waals surface area contributed by atoms with E-state index in [1.54, 1.807) is 12.4 Å². The van der Waals surface area contributed by atoms with Crippen LogP contribution in [0.1, 0.15) is 58.9 Å². The average molecular weight is 496 g/mol. The van der Waals surface area contributed by atoms with Crippen molar-refractivity contribution in [1.29, 1.82) is 0 Å². The maximum absolute atomic E-state index is 11.8. The van der Waals surface area contributed by atoms with Crippen LogP contribution in [0.15, 0.2) is 51.9 Å². The number of aliphatic imine (C=N–C) groups is 1. The third-order valence-corrected chi connectivity index (χ3v) is 7.40. The molecule has 2 heterocycles. The molecule has 4 atom stereocenters. The van der Waals surface area contributed by atoms with Gasteiger partial charge in [0, 0.05) is 56.8 Å². The molecule has 0 bridgehead atoms. The van der Waals surface area contributed by atoms with Gasteiger partial charge in [0.2, 0.25) is 0 Å². The van der Waals surface area contributed by atoms with Crippen LogP contribution in [0.25, 0.3) is 0 Å². The van der Waals surface area contributed by atoms with Crippen LogP contribution in [0.2, 0.25) is 0 Å². The molecule has 0 aromatic carbocycles. The van der Waals surface area contributed by atoms with Crippen LogP contribution in [0.4, 0.5) is 0 Å².